The molecule has 0 aliphatic carbocycles. The van der Waals surface area contributed by atoms with Crippen LogP contribution in [0.5, 0.6) is 0 Å². The number of carbonyl (C=O) groups is 1. The smallest absolute Gasteiger partial charge is 0.158 e. The summed E-state index contributed by atoms with van der Waals surface area (Å²) in [6.07, 6.45) is 0. The number of thioether (sulfide) groups is 2. The number of aryl methyl sites for hydroxylation is 1. The molecule has 1 aliphatic heterocycles. The van der Waals surface area contributed by atoms with E-state index in [0.29, 0.717) is 11.1 Å². The number of hydrogen-bond donors (Lipinski definition) is 1. The van der Waals surface area contributed by atoms with Crippen LogP contribution in [-0.2, 0) is 4.79 Å². The Bertz CT molecular complexity index is 951. The molecule has 0 bridgehead atoms. The molecule has 3 nitrogen and oxygen atoms in total. The molecule has 0 unspecified atom stereocenters. The van der Waals surface area contributed by atoms with Crippen molar-refractivity contribution in [2.45, 2.75) is 31.6 Å². The number of nitrogens with one attached hydrogen (secondary N) is 1. The molecule has 6 heteroatoms. The number of dihydropyridines is 1. The van der Waals surface area contributed by atoms with E-state index in [-0.39, 0.29) is 11.7 Å². The van der Waals surface area contributed by atoms with E-state index in [1.807, 2.05) is 43.5 Å². The topological polar surface area (TPSA) is 52.9 Å². The van der Waals surface area contributed by atoms with Gasteiger partial charge in [0.25, 0.3) is 0 Å². The Hall–Kier alpha value is -1.94. The number of nitriles is 1. The molecule has 0 radical (unpaired) electrons. The van der Waals surface area contributed by atoms with Gasteiger partial charge in [0, 0.05) is 21.0 Å². The number of benzene rings is 1. The number of carbonyl (C=O) groups excluding carboxylic acids is 1. The highest BCUT2D eigenvalue weighted by atomic mass is 32.2. The normalized spacial score (nSPS) is 16.9. The van der Waals surface area contributed by atoms with Crippen molar-refractivity contribution in [3.63, 3.8) is 0 Å². The Morgan fingerprint density at radius 3 is 2.56 bits per heavy atom. The number of thiophene rings is 1. The van der Waals surface area contributed by atoms with Gasteiger partial charge in [-0.2, -0.15) is 5.26 Å². The third kappa shape index (κ3) is 4.32. The maximum Gasteiger partial charge on any atom is 0.158 e. The molecule has 0 spiro atoms. The lowest BCUT2D eigenvalue weighted by atomic mass is 9.84. The summed E-state index contributed by atoms with van der Waals surface area (Å²) in [7, 11) is 0. The SMILES string of the molecule is CC(=O)C1=C(C)NC(SCSc2ccccc2)=C(C#N)[C@H]1c1sccc1C. The average molecular weight is 413 g/mol. The Morgan fingerprint density at radius 2 is 1.96 bits per heavy atom. The van der Waals surface area contributed by atoms with Crippen LogP contribution in [-0.4, -0.2) is 10.9 Å². The van der Waals surface area contributed by atoms with Gasteiger partial charge in [-0.1, -0.05) is 30.0 Å². The van der Waals surface area contributed by atoms with E-state index < -0.39 is 0 Å². The summed E-state index contributed by atoms with van der Waals surface area (Å²) in [6, 6.07) is 14.6. The molecule has 3 rings (SSSR count). The Morgan fingerprint density at radius 1 is 1.22 bits per heavy atom. The zero-order valence-corrected chi connectivity index (χ0v) is 17.9. The maximum atomic E-state index is 12.4. The van der Waals surface area contributed by atoms with Gasteiger partial charge in [-0.15, -0.1) is 23.1 Å². The van der Waals surface area contributed by atoms with Crippen molar-refractivity contribution in [1.82, 2.24) is 5.32 Å². The first kappa shape index (κ1) is 19.8. The molecule has 2 aromatic rings. The second-order valence-electron chi connectivity index (χ2n) is 6.19. The van der Waals surface area contributed by atoms with E-state index in [2.05, 4.69) is 23.5 Å². The molecular formula is C21H20N2OS3. The lowest BCUT2D eigenvalue weighted by Gasteiger charge is -2.29. The third-order valence-corrected chi connectivity index (χ3v) is 7.61. The van der Waals surface area contributed by atoms with E-state index in [4.69, 9.17) is 0 Å². The van der Waals surface area contributed by atoms with Gasteiger partial charge in [0.15, 0.2) is 5.78 Å². The highest BCUT2D eigenvalue weighted by Crippen LogP contribution is 2.44. The quantitative estimate of drug-likeness (QED) is 0.478. The predicted molar refractivity (Wildman–Crippen MR) is 116 cm³/mol. The van der Waals surface area contributed by atoms with Gasteiger partial charge in [0.2, 0.25) is 0 Å². The number of rotatable bonds is 6. The first-order chi connectivity index (χ1) is 13.0. The molecule has 1 aromatic heterocycles. The van der Waals surface area contributed by atoms with Crippen molar-refractivity contribution in [1.29, 1.82) is 5.26 Å². The number of nitrogens with zero attached hydrogens (tertiary/aromatic N) is 1. The van der Waals surface area contributed by atoms with E-state index in [9.17, 15) is 10.1 Å². The van der Waals surface area contributed by atoms with E-state index >= 15 is 0 Å². The minimum absolute atomic E-state index is 0.00765. The molecule has 27 heavy (non-hydrogen) atoms. The zero-order chi connectivity index (χ0) is 19.4. The molecule has 2 heterocycles. The molecule has 0 amide bonds. The van der Waals surface area contributed by atoms with Crippen LogP contribution in [0.15, 0.2) is 68.5 Å². The second kappa shape index (κ2) is 8.83. The highest BCUT2D eigenvalue weighted by molar-refractivity contribution is 8.17. The van der Waals surface area contributed by atoms with Crippen LogP contribution in [0.1, 0.15) is 30.2 Å². The largest absolute Gasteiger partial charge is 0.353 e. The minimum atomic E-state index is -0.280. The molecule has 0 saturated carbocycles. The van der Waals surface area contributed by atoms with Crippen LogP contribution < -0.4 is 5.32 Å². The van der Waals surface area contributed by atoms with Gasteiger partial charge in [0.1, 0.15) is 0 Å². The molecule has 1 aliphatic rings. The van der Waals surface area contributed by atoms with Crippen LogP contribution in [0.3, 0.4) is 0 Å². The Labute approximate surface area is 172 Å². The number of hydrogen-bond acceptors (Lipinski definition) is 6. The molecule has 1 atom stereocenters. The summed E-state index contributed by atoms with van der Waals surface area (Å²) in [6.45, 7) is 5.54. The van der Waals surface area contributed by atoms with Crippen LogP contribution in [0.2, 0.25) is 0 Å². The zero-order valence-electron chi connectivity index (χ0n) is 15.4. The first-order valence-electron chi connectivity index (χ1n) is 8.50. The summed E-state index contributed by atoms with van der Waals surface area (Å²) in [5.41, 5.74) is 3.29. The third-order valence-electron chi connectivity index (χ3n) is 4.36. The summed E-state index contributed by atoms with van der Waals surface area (Å²) in [5, 5.41) is 16.9. The van der Waals surface area contributed by atoms with Crippen molar-refractivity contribution in [2.75, 3.05) is 5.08 Å². The summed E-state index contributed by atoms with van der Waals surface area (Å²) in [5.74, 6) is -0.272. The van der Waals surface area contributed by atoms with Gasteiger partial charge >= 0.3 is 0 Å². The monoisotopic (exact) mass is 412 g/mol. The first-order valence-corrected chi connectivity index (χ1v) is 11.4. The molecule has 1 aromatic carbocycles. The van der Waals surface area contributed by atoms with Gasteiger partial charge in [-0.3, -0.25) is 4.79 Å². The van der Waals surface area contributed by atoms with Crippen LogP contribution in [0, 0.1) is 18.3 Å². The van der Waals surface area contributed by atoms with E-state index in [0.717, 1.165) is 26.3 Å². The van der Waals surface area contributed by atoms with Gasteiger partial charge in [-0.25, -0.2) is 0 Å². The van der Waals surface area contributed by atoms with E-state index in [1.54, 1.807) is 41.8 Å². The van der Waals surface area contributed by atoms with Crippen molar-refractivity contribution in [2.24, 2.45) is 0 Å². The van der Waals surface area contributed by atoms with Crippen molar-refractivity contribution in [3.8, 4) is 6.07 Å². The van der Waals surface area contributed by atoms with Gasteiger partial charge < -0.3 is 5.32 Å². The van der Waals surface area contributed by atoms with Crippen molar-refractivity contribution in [3.05, 3.63) is 74.1 Å². The van der Waals surface area contributed by atoms with Gasteiger partial charge in [0.05, 0.1) is 27.7 Å². The summed E-state index contributed by atoms with van der Waals surface area (Å²) >= 11 is 4.96. The summed E-state index contributed by atoms with van der Waals surface area (Å²) in [4.78, 5) is 14.6. The summed E-state index contributed by atoms with van der Waals surface area (Å²) < 4.78 is 0. The molecule has 138 valence electrons. The Balaban J connectivity index is 1.91. The van der Waals surface area contributed by atoms with Crippen LogP contribution in [0.4, 0.5) is 0 Å². The standard InChI is InChI=1S/C21H20N2OS3/c1-13-9-10-25-20(13)19-17(11-22)21(23-14(2)18(19)15(3)24)27-12-26-16-7-5-4-6-8-16/h4-10,19,23H,12H2,1-3H3/t19-/m1/s1. The molecule has 1 N–H and O–H groups in total. The van der Waals surface area contributed by atoms with Crippen molar-refractivity contribution >= 4 is 40.6 Å². The average Bonchev–Trinajstić information content (AvgIpc) is 3.07. The fraction of sp³-hybridized carbons (Fsp3) is 0.238. The lowest BCUT2D eigenvalue weighted by molar-refractivity contribution is -0.113. The number of allylic oxidation sites excluding steroid dienone is 3. The lowest BCUT2D eigenvalue weighted by Crippen LogP contribution is -2.26. The molecule has 0 saturated heterocycles. The second-order valence-corrected chi connectivity index (χ2v) is 9.54. The van der Waals surface area contributed by atoms with Crippen LogP contribution >= 0.6 is 34.9 Å². The molecule has 0 fully saturated rings. The molecular weight excluding hydrogens is 392 g/mol. The van der Waals surface area contributed by atoms with Crippen LogP contribution in [0.25, 0.3) is 0 Å². The minimum Gasteiger partial charge on any atom is -0.353 e. The number of Topliss-reactive ketones (excluding diaryl/α,β-unsaturated/α-hetero) is 1. The highest BCUT2D eigenvalue weighted by Gasteiger charge is 2.34. The van der Waals surface area contributed by atoms with Crippen molar-refractivity contribution < 1.29 is 4.79 Å². The van der Waals surface area contributed by atoms with Gasteiger partial charge in [-0.05, 0) is 49.9 Å². The fourth-order valence-corrected chi connectivity index (χ4v) is 6.30. The number of ketones is 1. The van der Waals surface area contributed by atoms with E-state index in [1.165, 1.54) is 4.90 Å². The Kier molecular flexibility index (Phi) is 6.48. The maximum absolute atomic E-state index is 12.4. The fourth-order valence-electron chi connectivity index (χ4n) is 3.11. The predicted octanol–water partition coefficient (Wildman–Crippen LogP) is 5.82.